The highest BCUT2D eigenvalue weighted by molar-refractivity contribution is 7.92. The number of ketones is 1. The van der Waals surface area contributed by atoms with Crippen LogP contribution in [0.4, 0.5) is 49.0 Å². The maximum absolute atomic E-state index is 13.4. The third kappa shape index (κ3) is 21.5. The van der Waals surface area contributed by atoms with Crippen LogP contribution in [0, 0.1) is 5.82 Å². The molecular weight excluding hydrogens is 1500 g/mol. The van der Waals surface area contributed by atoms with Crippen molar-refractivity contribution in [3.05, 3.63) is 346 Å². The number of halogens is 1. The van der Waals surface area contributed by atoms with E-state index in [2.05, 4.69) is 87.0 Å². The summed E-state index contributed by atoms with van der Waals surface area (Å²) in [6.45, 7) is 23.1. The maximum atomic E-state index is 13.4. The highest BCUT2D eigenvalue weighted by Crippen LogP contribution is 2.35. The number of carbonyl (C=O) groups is 6. The van der Waals surface area contributed by atoms with Crippen LogP contribution in [0.15, 0.2) is 267 Å². The number of hydrogen-bond donors (Lipinski definition) is 7. The minimum Gasteiger partial charge on any atom is -0.444 e. The van der Waals surface area contributed by atoms with Crippen LogP contribution < -0.4 is 37.0 Å². The van der Waals surface area contributed by atoms with E-state index in [1.54, 1.807) is 61.9 Å². The Labute approximate surface area is 688 Å². The van der Waals surface area contributed by atoms with E-state index >= 15 is 0 Å². The number of carbonyl (C=O) groups excluding carboxylic acids is 6. The van der Waals surface area contributed by atoms with Crippen LogP contribution in [0.3, 0.4) is 0 Å². The number of aryl methyl sites for hydroxylation is 4. The average molecular weight is 1600 g/mol. The van der Waals surface area contributed by atoms with E-state index in [9.17, 15) is 41.6 Å². The summed E-state index contributed by atoms with van der Waals surface area (Å²) < 4.78 is 48.0. The third-order valence-electron chi connectivity index (χ3n) is 20.5. The molecule has 0 unspecified atom stereocenters. The molecule has 0 spiro atoms. The molecule has 10 aromatic carbocycles. The number of sulfonamides is 1. The van der Waals surface area contributed by atoms with Crippen LogP contribution in [0.5, 0.6) is 0 Å². The van der Waals surface area contributed by atoms with Crippen LogP contribution in [-0.4, -0.2) is 70.1 Å². The lowest BCUT2D eigenvalue weighted by atomic mass is 9.88. The second-order valence-corrected chi connectivity index (χ2v) is 32.9. The number of nitrogens with zero attached hydrogens (tertiary/aromatic N) is 3. The summed E-state index contributed by atoms with van der Waals surface area (Å²) in [7, 11) is -3.56. The number of hydrogen-bond acceptors (Lipinski definition) is 11. The number of ether oxygens (including phenoxy) is 1. The Morgan fingerprint density at radius 3 is 1.29 bits per heavy atom. The number of rotatable bonds is 15. The van der Waals surface area contributed by atoms with E-state index in [1.807, 2.05) is 138 Å². The van der Waals surface area contributed by atoms with Crippen molar-refractivity contribution in [2.45, 2.75) is 124 Å². The molecular formula is C97H97FN10O9S. The lowest BCUT2D eigenvalue weighted by Gasteiger charge is -2.21. The molecule has 0 aliphatic heterocycles. The normalized spacial score (nSPS) is 13.3. The van der Waals surface area contributed by atoms with Crippen molar-refractivity contribution in [2.24, 2.45) is 0 Å². The lowest BCUT2D eigenvalue weighted by Crippen LogP contribution is -2.28. The van der Waals surface area contributed by atoms with Crippen molar-refractivity contribution in [3.8, 4) is 11.5 Å². The number of allylic oxidation sites excluding steroid dienone is 4. The van der Waals surface area contributed by atoms with Gasteiger partial charge < -0.3 is 36.3 Å². The molecule has 5 amide bonds. The number of nitrogen functional groups attached to an aromatic ring is 1. The summed E-state index contributed by atoms with van der Waals surface area (Å²) in [5.41, 5.74) is 27.2. The van der Waals surface area contributed by atoms with Crippen molar-refractivity contribution in [2.75, 3.05) is 43.3 Å². The topological polar surface area (TPSA) is 267 Å². The van der Waals surface area contributed by atoms with Gasteiger partial charge in [0.2, 0.25) is 10.0 Å². The summed E-state index contributed by atoms with van der Waals surface area (Å²) in [5.74, 6) is -0.948. The Morgan fingerprint density at radius 1 is 0.466 bits per heavy atom. The van der Waals surface area contributed by atoms with Gasteiger partial charge >= 0.3 is 6.09 Å². The van der Waals surface area contributed by atoms with E-state index in [-0.39, 0.29) is 54.4 Å². The van der Waals surface area contributed by atoms with E-state index in [1.165, 1.54) is 98.1 Å². The first-order valence-electron chi connectivity index (χ1n) is 38.7. The number of benzene rings is 10. The molecule has 0 saturated heterocycles. The summed E-state index contributed by atoms with van der Waals surface area (Å²) in [5, 5.41) is 22.9. The fourth-order valence-corrected chi connectivity index (χ4v) is 15.3. The quantitative estimate of drug-likeness (QED) is 0.0375. The van der Waals surface area contributed by atoms with Gasteiger partial charge in [0.15, 0.2) is 5.82 Å². The second-order valence-electron chi connectivity index (χ2n) is 31.1. The summed E-state index contributed by atoms with van der Waals surface area (Å²) in [6.07, 6.45) is 17.0. The van der Waals surface area contributed by atoms with Crippen LogP contribution in [-0.2, 0) is 77.3 Å². The molecule has 12 aromatic rings. The summed E-state index contributed by atoms with van der Waals surface area (Å²) in [6, 6.07) is 61.2. The minimum atomic E-state index is -3.56. The van der Waals surface area contributed by atoms with Crippen LogP contribution >= 0.6 is 0 Å². The highest BCUT2D eigenvalue weighted by Gasteiger charge is 2.26. The average Bonchev–Trinajstić information content (AvgIpc) is 1.62. The van der Waals surface area contributed by atoms with E-state index in [4.69, 9.17) is 10.5 Å². The van der Waals surface area contributed by atoms with Gasteiger partial charge in [0.05, 0.1) is 46.2 Å². The number of fused-ring (bicyclic) bond motifs is 6. The van der Waals surface area contributed by atoms with Crippen molar-refractivity contribution in [1.29, 1.82) is 0 Å². The molecule has 4 aliphatic carbocycles. The number of anilines is 7. The first kappa shape index (κ1) is 83.9. The molecule has 118 heavy (non-hydrogen) atoms. The fourth-order valence-electron chi connectivity index (χ4n) is 14.8. The van der Waals surface area contributed by atoms with Crippen molar-refractivity contribution in [3.63, 3.8) is 0 Å². The highest BCUT2D eigenvalue weighted by atomic mass is 32.2. The first-order chi connectivity index (χ1) is 56.0. The second kappa shape index (κ2) is 36.5. The van der Waals surface area contributed by atoms with Gasteiger partial charge in [0, 0.05) is 47.3 Å². The largest absolute Gasteiger partial charge is 0.444 e. The maximum Gasteiger partial charge on any atom is 0.412 e. The predicted octanol–water partition coefficient (Wildman–Crippen LogP) is 20.4. The molecule has 21 heteroatoms. The number of nitrogens with one attached hydrogen (secondary N) is 6. The SMILES string of the molecule is C.C=C1CCc2cc(NC(=O)c3cc(CC(C)=O)ccc3NS(C)(=O)=O)ccc2C1.C=C1CCc2cc(NC(=O)c3cc4ccccc4cc3N)ccc2C1.C=C1CCc2cc(NC(=O)c3cc4ccccc4cc3NC(=O)OC(C)(C)C)ccc2C1.C=C1CCc2cc(NC(=O)c3cnn(-c4ccc(F)cc4)c3-n3cccc3)ccc2C1. The molecule has 0 saturated carbocycles. The molecule has 2 aromatic heterocycles. The first-order valence-corrected chi connectivity index (χ1v) is 40.6. The monoisotopic (exact) mass is 1600 g/mol. The van der Waals surface area contributed by atoms with Gasteiger partial charge in [0.25, 0.3) is 23.6 Å². The Balaban J connectivity index is 0.000000145. The third-order valence-corrected chi connectivity index (χ3v) is 21.1. The van der Waals surface area contributed by atoms with E-state index in [0.29, 0.717) is 50.8 Å². The predicted molar refractivity (Wildman–Crippen MR) is 473 cm³/mol. The molecule has 4 aliphatic rings. The van der Waals surface area contributed by atoms with E-state index < -0.39 is 27.6 Å². The van der Waals surface area contributed by atoms with Crippen molar-refractivity contribution >= 4 is 107 Å². The number of Topliss-reactive ketones (excluding diaryl/α,β-unsaturated/α-hetero) is 1. The zero-order valence-electron chi connectivity index (χ0n) is 66.2. The standard InChI is InChI=1S/C27H28N2O3.C25H21FN4O.C22H24N2O4S.C22H20N2O.CH4/c1-17-9-10-21-14-22(12-11-20(21)13-17)28-25(30)23-15-18-7-5-6-8-19(18)16-24(23)29-26(31)32-27(2,3)4;1-17-4-5-19-15-21(9-6-18(19)14-17)28-24(31)23-16-27-30(22-10-7-20(26)8-11-22)25(23)29-12-2-3-13-29;1-14-4-6-18-13-19(8-7-17(18)10-14)23-22(26)20-12-16(11-15(2)25)5-9-21(20)24-29(3,27)28;1-14-6-7-18-11-19(9-8-17(18)10-14)24-22(25)20-12-15-4-2-3-5-16(15)13-21(20)23;/h5-8,11-12,14-16H,1,9-10,13H2,2-4H3,(H,28,30)(H,29,31);2-3,6-13,15-16H,1,4-5,14H2,(H,28,31);5,7-9,12-13,24H,1,4,6,10-11H2,2-3H3,(H,23,26);2-5,8-9,11-13H,1,6-7,10,23H2,(H,24,25);1H4. The van der Waals surface area contributed by atoms with Crippen LogP contribution in [0.2, 0.25) is 0 Å². The van der Waals surface area contributed by atoms with Gasteiger partial charge in [-0.1, -0.05) is 135 Å². The smallest absolute Gasteiger partial charge is 0.412 e. The van der Waals surface area contributed by atoms with Crippen LogP contribution in [0.1, 0.15) is 152 Å². The number of amides is 5. The molecule has 2 heterocycles. The van der Waals surface area contributed by atoms with Gasteiger partial charge in [-0.25, -0.2) is 22.3 Å². The summed E-state index contributed by atoms with van der Waals surface area (Å²) >= 11 is 0. The Kier molecular flexibility index (Phi) is 26.0. The molecule has 8 N–H and O–H groups in total. The Morgan fingerprint density at radius 2 is 0.864 bits per heavy atom. The van der Waals surface area contributed by atoms with Gasteiger partial charge in [-0.2, -0.15) is 5.10 Å². The molecule has 0 atom stereocenters. The minimum absolute atomic E-state index is 0. The van der Waals surface area contributed by atoms with Crippen molar-refractivity contribution < 1.29 is 46.3 Å². The van der Waals surface area contributed by atoms with Crippen LogP contribution in [0.25, 0.3) is 33.1 Å². The molecule has 0 fully saturated rings. The molecule has 0 radical (unpaired) electrons. The lowest BCUT2D eigenvalue weighted by molar-refractivity contribution is -0.116. The van der Waals surface area contributed by atoms with E-state index in [0.717, 1.165) is 122 Å². The fraction of sp³-hybridized carbons (Fsp3) is 0.206. The van der Waals surface area contributed by atoms with Gasteiger partial charge in [-0.05, 0) is 298 Å². The number of aromatic nitrogens is 3. The molecule has 16 rings (SSSR count). The zero-order chi connectivity index (χ0) is 82.8. The van der Waals surface area contributed by atoms with Gasteiger partial charge in [-0.15, -0.1) is 0 Å². The van der Waals surface area contributed by atoms with Gasteiger partial charge in [-0.3, -0.25) is 34.0 Å². The molecule has 0 bridgehead atoms. The van der Waals surface area contributed by atoms with Crippen molar-refractivity contribution in [1.82, 2.24) is 14.3 Å². The van der Waals surface area contributed by atoms with Gasteiger partial charge in [0.1, 0.15) is 22.8 Å². The number of nitrogens with two attached hydrogens (primary N) is 1. The zero-order valence-corrected chi connectivity index (χ0v) is 67.0. The Bertz CT molecular complexity index is 6070. The molecule has 19 nitrogen and oxygen atoms in total. The molecule has 602 valence electrons. The Hall–Kier alpha value is -13.5. The summed E-state index contributed by atoms with van der Waals surface area (Å²) in [4.78, 5) is 75.9.